The molecule has 1 unspecified atom stereocenters. The summed E-state index contributed by atoms with van der Waals surface area (Å²) in [6.45, 7) is 7.76. The van der Waals surface area contributed by atoms with Gasteiger partial charge in [-0.1, -0.05) is 191 Å². The van der Waals surface area contributed by atoms with Gasteiger partial charge in [-0.3, -0.25) is 9.59 Å². The summed E-state index contributed by atoms with van der Waals surface area (Å²) in [5.74, 6) is -0.417. The normalized spacial score (nSPS) is 12.6. The number of esters is 2. The summed E-state index contributed by atoms with van der Waals surface area (Å²) in [5, 5.41) is 0. The molecule has 0 radical (unpaired) electrons. The van der Waals surface area contributed by atoms with E-state index in [-0.39, 0.29) is 25.2 Å². The molecule has 0 aliphatic rings. The lowest BCUT2D eigenvalue weighted by atomic mass is 10.1. The van der Waals surface area contributed by atoms with Crippen molar-refractivity contribution in [3.05, 3.63) is 48.6 Å². The van der Waals surface area contributed by atoms with Crippen molar-refractivity contribution in [2.45, 2.75) is 245 Å². The second-order valence-electron chi connectivity index (χ2n) is 16.0. The van der Waals surface area contributed by atoms with Crippen molar-refractivity contribution in [1.29, 1.82) is 0 Å². The van der Waals surface area contributed by atoms with Gasteiger partial charge in [0.05, 0.1) is 6.61 Å². The zero-order valence-electron chi connectivity index (χ0n) is 37.4. The lowest BCUT2D eigenvalue weighted by Crippen LogP contribution is -2.30. The van der Waals surface area contributed by atoms with Crippen molar-refractivity contribution in [1.82, 2.24) is 0 Å². The first-order chi connectivity index (χ1) is 27.6. The smallest absolute Gasteiger partial charge is 0.306 e. The molecule has 0 heterocycles. The van der Waals surface area contributed by atoms with Crippen molar-refractivity contribution < 1.29 is 23.8 Å². The molecule has 326 valence electrons. The highest BCUT2D eigenvalue weighted by Crippen LogP contribution is 2.13. The van der Waals surface area contributed by atoms with Gasteiger partial charge < -0.3 is 14.2 Å². The van der Waals surface area contributed by atoms with Crippen LogP contribution in [0, 0.1) is 0 Å². The van der Waals surface area contributed by atoms with E-state index in [2.05, 4.69) is 69.4 Å². The first-order valence-electron chi connectivity index (χ1n) is 24.2. The van der Waals surface area contributed by atoms with Crippen LogP contribution in [0.1, 0.15) is 239 Å². The average molecular weight is 785 g/mol. The van der Waals surface area contributed by atoms with Gasteiger partial charge in [-0.05, 0) is 83.5 Å². The number of allylic oxidation sites excluding steroid dienone is 8. The molecule has 0 bridgehead atoms. The van der Waals surface area contributed by atoms with E-state index in [0.29, 0.717) is 19.4 Å². The Morgan fingerprint density at radius 1 is 0.393 bits per heavy atom. The van der Waals surface area contributed by atoms with E-state index in [1.54, 1.807) is 0 Å². The highest BCUT2D eigenvalue weighted by atomic mass is 16.6. The first-order valence-corrected chi connectivity index (χ1v) is 24.2. The molecule has 0 aromatic heterocycles. The van der Waals surface area contributed by atoms with Gasteiger partial charge in [0.25, 0.3) is 0 Å². The van der Waals surface area contributed by atoms with Gasteiger partial charge in [0.15, 0.2) is 6.10 Å². The van der Waals surface area contributed by atoms with Crippen LogP contribution in [0.3, 0.4) is 0 Å². The Kier molecular flexibility index (Phi) is 45.4. The minimum atomic E-state index is -0.540. The largest absolute Gasteiger partial charge is 0.462 e. The number of carbonyl (C=O) groups excluding carboxylic acids is 2. The molecule has 0 rings (SSSR count). The highest BCUT2D eigenvalue weighted by Gasteiger charge is 2.17. The maximum Gasteiger partial charge on any atom is 0.306 e. The Labute approximate surface area is 348 Å². The van der Waals surface area contributed by atoms with Crippen LogP contribution in [-0.2, 0) is 23.8 Å². The molecular formula is C51H92O5. The Morgan fingerprint density at radius 2 is 0.750 bits per heavy atom. The molecule has 5 heteroatoms. The fraction of sp³-hybridized carbons (Fsp3) is 0.804. The predicted molar refractivity (Wildman–Crippen MR) is 242 cm³/mol. The van der Waals surface area contributed by atoms with Crippen LogP contribution in [0.15, 0.2) is 48.6 Å². The van der Waals surface area contributed by atoms with Gasteiger partial charge in [0, 0.05) is 19.4 Å². The summed E-state index contributed by atoms with van der Waals surface area (Å²) in [7, 11) is 0. The second kappa shape index (κ2) is 47.2. The number of hydrogen-bond acceptors (Lipinski definition) is 5. The molecule has 0 aromatic carbocycles. The Balaban J connectivity index is 4.18. The van der Waals surface area contributed by atoms with Crippen LogP contribution in [0.5, 0.6) is 0 Å². The maximum absolute atomic E-state index is 12.7. The molecule has 0 aromatic rings. The summed E-state index contributed by atoms with van der Waals surface area (Å²) < 4.78 is 17.3. The van der Waals surface area contributed by atoms with Crippen LogP contribution in [-0.4, -0.2) is 37.9 Å². The Bertz CT molecular complexity index is 935. The molecule has 0 aliphatic carbocycles. The topological polar surface area (TPSA) is 61.8 Å². The van der Waals surface area contributed by atoms with E-state index in [9.17, 15) is 9.59 Å². The maximum atomic E-state index is 12.7. The van der Waals surface area contributed by atoms with Crippen LogP contribution in [0.4, 0.5) is 0 Å². The standard InChI is InChI=1S/C51H92O5/c1-4-7-10-13-16-19-21-23-24-25-26-27-28-30-31-33-35-38-41-44-50(52)55-48-49(47-54-46-43-40-37-18-15-12-9-6-3)56-51(53)45-42-39-36-34-32-29-22-20-17-14-11-8-5-2/h16,19-20,22-24,26-27,49H,4-15,17-18,21,25,28-48H2,1-3H3/b19-16-,22-20-,24-23-,27-26-. The zero-order chi connectivity index (χ0) is 40.7. The molecule has 0 spiro atoms. The predicted octanol–water partition coefficient (Wildman–Crippen LogP) is 16.0. The van der Waals surface area contributed by atoms with E-state index in [0.717, 1.165) is 77.0 Å². The van der Waals surface area contributed by atoms with E-state index in [1.165, 1.54) is 128 Å². The Morgan fingerprint density at radius 3 is 1.27 bits per heavy atom. The molecular weight excluding hydrogens is 693 g/mol. The lowest BCUT2D eigenvalue weighted by Gasteiger charge is -2.18. The molecule has 0 saturated heterocycles. The van der Waals surface area contributed by atoms with Crippen molar-refractivity contribution in [2.75, 3.05) is 19.8 Å². The SMILES string of the molecule is CCCCC/C=C\C/C=C\C/C=C\CCCCCCCCC(=O)OCC(COCCCCCCCCCC)OC(=O)CCCCCCC/C=C\CCCCCC. The second-order valence-corrected chi connectivity index (χ2v) is 16.0. The summed E-state index contributed by atoms with van der Waals surface area (Å²) >= 11 is 0. The van der Waals surface area contributed by atoms with Gasteiger partial charge in [0.1, 0.15) is 6.61 Å². The highest BCUT2D eigenvalue weighted by molar-refractivity contribution is 5.70. The minimum absolute atomic E-state index is 0.0770. The number of rotatable bonds is 44. The number of hydrogen-bond donors (Lipinski definition) is 0. The molecule has 0 saturated carbocycles. The van der Waals surface area contributed by atoms with Crippen molar-refractivity contribution in [3.63, 3.8) is 0 Å². The van der Waals surface area contributed by atoms with E-state index in [1.807, 2.05) is 0 Å². The number of carbonyl (C=O) groups is 2. The quantitative estimate of drug-likeness (QED) is 0.0350. The molecule has 0 fully saturated rings. The van der Waals surface area contributed by atoms with Crippen molar-refractivity contribution >= 4 is 11.9 Å². The molecule has 56 heavy (non-hydrogen) atoms. The first kappa shape index (κ1) is 53.9. The fourth-order valence-corrected chi connectivity index (χ4v) is 6.69. The van der Waals surface area contributed by atoms with Crippen LogP contribution in [0.2, 0.25) is 0 Å². The number of ether oxygens (including phenoxy) is 3. The van der Waals surface area contributed by atoms with Crippen LogP contribution < -0.4 is 0 Å². The fourth-order valence-electron chi connectivity index (χ4n) is 6.69. The average Bonchev–Trinajstić information content (AvgIpc) is 3.20. The van der Waals surface area contributed by atoms with Gasteiger partial charge in [-0.2, -0.15) is 0 Å². The van der Waals surface area contributed by atoms with E-state index in [4.69, 9.17) is 14.2 Å². The third-order valence-corrected chi connectivity index (χ3v) is 10.3. The van der Waals surface area contributed by atoms with Crippen molar-refractivity contribution in [3.8, 4) is 0 Å². The van der Waals surface area contributed by atoms with Crippen molar-refractivity contribution in [2.24, 2.45) is 0 Å². The summed E-state index contributed by atoms with van der Waals surface area (Å²) in [6, 6.07) is 0. The molecule has 0 N–H and O–H groups in total. The third-order valence-electron chi connectivity index (χ3n) is 10.3. The molecule has 5 nitrogen and oxygen atoms in total. The van der Waals surface area contributed by atoms with Crippen LogP contribution in [0.25, 0.3) is 0 Å². The third kappa shape index (κ3) is 44.6. The molecule has 0 aliphatic heterocycles. The molecule has 0 amide bonds. The Hall–Kier alpha value is -2.14. The number of unbranched alkanes of at least 4 members (excludes halogenated alkanes) is 25. The van der Waals surface area contributed by atoms with Gasteiger partial charge in [-0.15, -0.1) is 0 Å². The van der Waals surface area contributed by atoms with Gasteiger partial charge in [-0.25, -0.2) is 0 Å². The summed E-state index contributed by atoms with van der Waals surface area (Å²) in [4.78, 5) is 25.2. The summed E-state index contributed by atoms with van der Waals surface area (Å²) in [6.07, 6.45) is 56.8. The summed E-state index contributed by atoms with van der Waals surface area (Å²) in [5.41, 5.74) is 0. The van der Waals surface area contributed by atoms with Gasteiger partial charge in [0.2, 0.25) is 0 Å². The van der Waals surface area contributed by atoms with E-state index < -0.39 is 6.10 Å². The minimum Gasteiger partial charge on any atom is -0.462 e. The lowest BCUT2D eigenvalue weighted by molar-refractivity contribution is -0.163. The van der Waals surface area contributed by atoms with Gasteiger partial charge >= 0.3 is 11.9 Å². The van der Waals surface area contributed by atoms with E-state index >= 15 is 0 Å². The molecule has 1 atom stereocenters. The zero-order valence-corrected chi connectivity index (χ0v) is 37.4. The monoisotopic (exact) mass is 785 g/mol. The van der Waals surface area contributed by atoms with Crippen LogP contribution >= 0.6 is 0 Å².